The van der Waals surface area contributed by atoms with E-state index in [1.165, 1.54) is 23.3 Å². The molecule has 0 bridgehead atoms. The molecule has 0 aliphatic heterocycles. The van der Waals surface area contributed by atoms with Gasteiger partial charge in [-0.1, -0.05) is 48.1 Å². The summed E-state index contributed by atoms with van der Waals surface area (Å²) in [6.45, 7) is 3.39. The fourth-order valence-electron chi connectivity index (χ4n) is 3.22. The molecule has 3 rings (SSSR count). The van der Waals surface area contributed by atoms with E-state index in [0.717, 1.165) is 15.8 Å². The van der Waals surface area contributed by atoms with Gasteiger partial charge in [-0.05, 0) is 37.6 Å². The molecule has 0 spiro atoms. The molecule has 0 aliphatic carbocycles. The van der Waals surface area contributed by atoms with E-state index in [2.05, 4.69) is 4.99 Å². The Balaban J connectivity index is 2.13. The number of aliphatic carboxylic acids is 1. The first-order valence-corrected chi connectivity index (χ1v) is 10.4. The number of hydrogen-bond acceptors (Lipinski definition) is 4. The van der Waals surface area contributed by atoms with E-state index in [0.29, 0.717) is 16.8 Å². The second-order valence-electron chi connectivity index (χ2n) is 7.02. The number of aryl methyl sites for hydroxylation is 1. The highest BCUT2D eigenvalue weighted by molar-refractivity contribution is 7.16. The first-order chi connectivity index (χ1) is 14.3. The van der Waals surface area contributed by atoms with Crippen LogP contribution in [0.5, 0.6) is 0 Å². The van der Waals surface area contributed by atoms with Crippen molar-refractivity contribution >= 4 is 39.3 Å². The van der Waals surface area contributed by atoms with Crippen molar-refractivity contribution in [2.45, 2.75) is 26.3 Å². The minimum absolute atomic E-state index is 0.340. The summed E-state index contributed by atoms with van der Waals surface area (Å²) >= 11 is 1.33. The number of carboxylic acid groups (broad SMARTS) is 1. The number of carbonyl (C=O) groups is 3. The molecule has 156 valence electrons. The molecule has 2 aromatic carbocycles. The number of amides is 2. The lowest BCUT2D eigenvalue weighted by Gasteiger charge is -2.23. The Bertz CT molecular complexity index is 1160. The van der Waals surface area contributed by atoms with Crippen molar-refractivity contribution in [3.05, 3.63) is 64.5 Å². The molecule has 0 radical (unpaired) electrons. The summed E-state index contributed by atoms with van der Waals surface area (Å²) in [5, 5.41) is 9.05. The fraction of sp³-hybridized carbons (Fsp3) is 0.273. The highest BCUT2D eigenvalue weighted by Crippen LogP contribution is 2.23. The lowest BCUT2D eigenvalue weighted by molar-refractivity contribution is -0.144. The van der Waals surface area contributed by atoms with Crippen LogP contribution in [0.15, 0.2) is 53.5 Å². The minimum Gasteiger partial charge on any atom is -0.480 e. The van der Waals surface area contributed by atoms with E-state index in [4.69, 9.17) is 5.11 Å². The van der Waals surface area contributed by atoms with Crippen LogP contribution in [0.2, 0.25) is 0 Å². The van der Waals surface area contributed by atoms with E-state index in [1.54, 1.807) is 16.7 Å². The third kappa shape index (κ3) is 4.49. The normalized spacial score (nSPS) is 12.7. The van der Waals surface area contributed by atoms with Gasteiger partial charge in [-0.15, -0.1) is 0 Å². The summed E-state index contributed by atoms with van der Waals surface area (Å²) in [4.78, 5) is 42.8. The van der Waals surface area contributed by atoms with Crippen LogP contribution in [0.1, 0.15) is 35.3 Å². The maximum Gasteiger partial charge on any atom is 0.323 e. The van der Waals surface area contributed by atoms with E-state index >= 15 is 0 Å². The van der Waals surface area contributed by atoms with Crippen molar-refractivity contribution in [3.63, 3.8) is 0 Å². The number of nitrogens with zero attached hydrogens (tertiary/aromatic N) is 3. The SMILES string of the molecule is CCC(C(=O)N(C)CC(=O)O)n1c(=NC(=O)c2ccc(C)cc2)sc2ccccc21. The third-order valence-corrected chi connectivity index (χ3v) is 5.80. The standard InChI is InChI=1S/C22H23N3O4S/c1-4-16(21(29)24(3)13-19(26)27)25-17-7-5-6-8-18(17)30-22(25)23-20(28)15-11-9-14(2)10-12-15/h5-12,16H,4,13H2,1-3H3,(H,26,27). The summed E-state index contributed by atoms with van der Waals surface area (Å²) in [6.07, 6.45) is 0.426. The molecular formula is C22H23N3O4S. The quantitative estimate of drug-likeness (QED) is 0.656. The Morgan fingerprint density at radius 1 is 1.13 bits per heavy atom. The molecule has 0 aliphatic rings. The molecular weight excluding hydrogens is 402 g/mol. The molecule has 1 aromatic heterocycles. The van der Waals surface area contributed by atoms with Gasteiger partial charge in [0.05, 0.1) is 10.2 Å². The molecule has 1 unspecified atom stereocenters. The van der Waals surface area contributed by atoms with Gasteiger partial charge in [0.2, 0.25) is 5.91 Å². The van der Waals surface area contributed by atoms with Crippen LogP contribution >= 0.6 is 11.3 Å². The van der Waals surface area contributed by atoms with Crippen molar-refractivity contribution in [1.82, 2.24) is 9.47 Å². The third-order valence-electron chi connectivity index (χ3n) is 4.76. The van der Waals surface area contributed by atoms with E-state index in [-0.39, 0.29) is 5.91 Å². The average Bonchev–Trinajstić information content (AvgIpc) is 3.06. The van der Waals surface area contributed by atoms with Gasteiger partial charge in [0, 0.05) is 12.6 Å². The Kier molecular flexibility index (Phi) is 6.47. The largest absolute Gasteiger partial charge is 0.480 e. The molecule has 0 fully saturated rings. The monoisotopic (exact) mass is 425 g/mol. The molecule has 1 atom stereocenters. The van der Waals surface area contributed by atoms with Gasteiger partial charge in [0.25, 0.3) is 5.91 Å². The zero-order valence-electron chi connectivity index (χ0n) is 17.0. The summed E-state index contributed by atoms with van der Waals surface area (Å²) in [6, 6.07) is 14.0. The smallest absolute Gasteiger partial charge is 0.323 e. The van der Waals surface area contributed by atoms with Crippen LogP contribution in [-0.2, 0) is 9.59 Å². The zero-order valence-corrected chi connectivity index (χ0v) is 17.8. The second-order valence-corrected chi connectivity index (χ2v) is 8.03. The van der Waals surface area contributed by atoms with Gasteiger partial charge in [0.1, 0.15) is 12.6 Å². The number of hydrogen-bond donors (Lipinski definition) is 1. The van der Waals surface area contributed by atoms with Crippen LogP contribution in [0.25, 0.3) is 10.2 Å². The second kappa shape index (κ2) is 9.04. The van der Waals surface area contributed by atoms with Crippen LogP contribution in [0.3, 0.4) is 0 Å². The number of carbonyl (C=O) groups excluding carboxylic acids is 2. The first kappa shape index (κ1) is 21.4. The van der Waals surface area contributed by atoms with Gasteiger partial charge in [-0.25, -0.2) is 0 Å². The van der Waals surface area contributed by atoms with Crippen molar-refractivity contribution in [2.24, 2.45) is 4.99 Å². The topological polar surface area (TPSA) is 92.0 Å². The first-order valence-electron chi connectivity index (χ1n) is 9.54. The van der Waals surface area contributed by atoms with Crippen LogP contribution in [-0.4, -0.2) is 45.9 Å². The molecule has 1 N–H and O–H groups in total. The minimum atomic E-state index is -1.08. The zero-order chi connectivity index (χ0) is 21.8. The summed E-state index contributed by atoms with van der Waals surface area (Å²) in [5.74, 6) is -1.82. The van der Waals surface area contributed by atoms with Gasteiger partial charge < -0.3 is 14.6 Å². The van der Waals surface area contributed by atoms with Crippen LogP contribution in [0.4, 0.5) is 0 Å². The number of para-hydroxylation sites is 1. The number of fused-ring (bicyclic) bond motifs is 1. The molecule has 0 saturated carbocycles. The summed E-state index contributed by atoms with van der Waals surface area (Å²) in [5.41, 5.74) is 2.29. The van der Waals surface area contributed by atoms with Gasteiger partial charge >= 0.3 is 5.97 Å². The van der Waals surface area contributed by atoms with Crippen molar-refractivity contribution in [3.8, 4) is 0 Å². The van der Waals surface area contributed by atoms with E-state index in [9.17, 15) is 14.4 Å². The number of rotatable bonds is 6. The van der Waals surface area contributed by atoms with E-state index < -0.39 is 24.5 Å². The predicted octanol–water partition coefficient (Wildman–Crippen LogP) is 3.25. The number of carboxylic acids is 1. The maximum atomic E-state index is 13.0. The number of likely N-dealkylation sites (N-methyl/N-ethyl adjacent to an activating group) is 1. The average molecular weight is 426 g/mol. The number of benzene rings is 2. The Morgan fingerprint density at radius 3 is 2.43 bits per heavy atom. The molecule has 8 heteroatoms. The van der Waals surface area contributed by atoms with Gasteiger partial charge in [-0.3, -0.25) is 14.4 Å². The lowest BCUT2D eigenvalue weighted by atomic mass is 10.1. The molecule has 30 heavy (non-hydrogen) atoms. The number of thiazole rings is 1. The predicted molar refractivity (Wildman–Crippen MR) is 115 cm³/mol. The summed E-state index contributed by atoms with van der Waals surface area (Å²) in [7, 11) is 1.46. The van der Waals surface area contributed by atoms with Crippen LogP contribution in [0, 0.1) is 6.92 Å². The highest BCUT2D eigenvalue weighted by Gasteiger charge is 2.26. The molecule has 3 aromatic rings. The van der Waals surface area contributed by atoms with Gasteiger partial charge in [0.15, 0.2) is 4.80 Å². The maximum absolute atomic E-state index is 13.0. The molecule has 0 saturated heterocycles. The Labute approximate surface area is 177 Å². The molecule has 1 heterocycles. The highest BCUT2D eigenvalue weighted by atomic mass is 32.1. The fourth-order valence-corrected chi connectivity index (χ4v) is 4.29. The van der Waals surface area contributed by atoms with Crippen molar-refractivity contribution in [1.29, 1.82) is 0 Å². The van der Waals surface area contributed by atoms with E-state index in [1.807, 2.05) is 50.2 Å². The Morgan fingerprint density at radius 2 is 1.80 bits per heavy atom. The molecule has 7 nitrogen and oxygen atoms in total. The van der Waals surface area contributed by atoms with Gasteiger partial charge in [-0.2, -0.15) is 4.99 Å². The Hall–Kier alpha value is -3.26. The lowest BCUT2D eigenvalue weighted by Crippen LogP contribution is -2.39. The molecule has 2 amide bonds. The summed E-state index contributed by atoms with van der Waals surface area (Å²) < 4.78 is 2.63. The van der Waals surface area contributed by atoms with Crippen LogP contribution < -0.4 is 4.80 Å². The van der Waals surface area contributed by atoms with Crippen molar-refractivity contribution in [2.75, 3.05) is 13.6 Å². The van der Waals surface area contributed by atoms with Crippen molar-refractivity contribution < 1.29 is 19.5 Å². The number of aromatic nitrogens is 1.